The van der Waals surface area contributed by atoms with Crippen LogP contribution in [0.25, 0.3) is 0 Å². The molecule has 0 aromatic heterocycles. The monoisotopic (exact) mass is 249 g/mol. The van der Waals surface area contributed by atoms with Crippen LogP contribution >= 0.6 is 11.6 Å². The highest BCUT2D eigenvalue weighted by Gasteiger charge is 2.34. The fraction of sp³-hybridized carbons (Fsp3) is 0.455. The van der Waals surface area contributed by atoms with Crippen molar-refractivity contribution < 1.29 is 13.2 Å². The van der Waals surface area contributed by atoms with Crippen molar-refractivity contribution in [2.75, 3.05) is 0 Å². The van der Waals surface area contributed by atoms with E-state index in [-0.39, 0.29) is 17.1 Å². The van der Waals surface area contributed by atoms with Crippen molar-refractivity contribution in [1.29, 1.82) is 0 Å². The lowest BCUT2D eigenvalue weighted by atomic mass is 10.1. The SMILES string of the molecule is FC(F)(F)c1cccc(Cl)c1CNC1CC1. The first kappa shape index (κ1) is 11.7. The van der Waals surface area contributed by atoms with E-state index in [0.717, 1.165) is 18.9 Å². The summed E-state index contributed by atoms with van der Waals surface area (Å²) in [6.07, 6.45) is -2.27. The average molecular weight is 250 g/mol. The number of hydrogen-bond acceptors (Lipinski definition) is 1. The lowest BCUT2D eigenvalue weighted by Gasteiger charge is -2.14. The molecule has 1 aliphatic rings. The summed E-state index contributed by atoms with van der Waals surface area (Å²) >= 11 is 5.80. The van der Waals surface area contributed by atoms with Gasteiger partial charge >= 0.3 is 6.18 Å². The van der Waals surface area contributed by atoms with Gasteiger partial charge in [-0.3, -0.25) is 0 Å². The number of hydrogen-bond donors (Lipinski definition) is 1. The second-order valence-corrected chi connectivity index (χ2v) is 4.33. The van der Waals surface area contributed by atoms with Crippen LogP contribution in [-0.4, -0.2) is 6.04 Å². The molecule has 0 bridgehead atoms. The van der Waals surface area contributed by atoms with Gasteiger partial charge in [0.05, 0.1) is 5.56 Å². The first-order valence-electron chi connectivity index (χ1n) is 5.06. The van der Waals surface area contributed by atoms with Crippen LogP contribution < -0.4 is 5.32 Å². The van der Waals surface area contributed by atoms with E-state index in [1.807, 2.05) is 0 Å². The van der Waals surface area contributed by atoms with Crippen molar-refractivity contribution in [3.05, 3.63) is 34.3 Å². The molecule has 0 heterocycles. The van der Waals surface area contributed by atoms with Crippen molar-refractivity contribution in [1.82, 2.24) is 5.32 Å². The molecule has 1 saturated carbocycles. The molecular formula is C11H11ClF3N. The third-order valence-electron chi connectivity index (χ3n) is 2.57. The summed E-state index contributed by atoms with van der Waals surface area (Å²) < 4.78 is 38.0. The van der Waals surface area contributed by atoms with Gasteiger partial charge in [-0.25, -0.2) is 0 Å². The van der Waals surface area contributed by atoms with E-state index in [4.69, 9.17) is 11.6 Å². The Hall–Kier alpha value is -0.740. The van der Waals surface area contributed by atoms with Crippen LogP contribution in [0.4, 0.5) is 13.2 Å². The molecule has 16 heavy (non-hydrogen) atoms. The van der Waals surface area contributed by atoms with Crippen LogP contribution in [-0.2, 0) is 12.7 Å². The molecule has 2 rings (SSSR count). The fourth-order valence-electron chi connectivity index (χ4n) is 1.54. The van der Waals surface area contributed by atoms with Crippen LogP contribution in [0.3, 0.4) is 0 Å². The van der Waals surface area contributed by atoms with Crippen LogP contribution in [0.1, 0.15) is 24.0 Å². The molecule has 0 radical (unpaired) electrons. The van der Waals surface area contributed by atoms with Crippen LogP contribution in [0.2, 0.25) is 5.02 Å². The molecule has 0 amide bonds. The Bertz CT molecular complexity index is 385. The number of halogens is 4. The minimum absolute atomic E-state index is 0.142. The second-order valence-electron chi connectivity index (χ2n) is 3.92. The molecule has 0 saturated heterocycles. The standard InChI is InChI=1S/C11H11ClF3N/c12-10-3-1-2-9(11(13,14)15)8(10)6-16-7-4-5-7/h1-3,7,16H,4-6H2. The van der Waals surface area contributed by atoms with Crippen LogP contribution in [0, 0.1) is 0 Å². The summed E-state index contributed by atoms with van der Waals surface area (Å²) in [6, 6.07) is 4.24. The summed E-state index contributed by atoms with van der Waals surface area (Å²) in [4.78, 5) is 0. The Balaban J connectivity index is 2.24. The first-order valence-corrected chi connectivity index (χ1v) is 5.44. The predicted molar refractivity (Wildman–Crippen MR) is 56.3 cm³/mol. The highest BCUT2D eigenvalue weighted by atomic mass is 35.5. The van der Waals surface area contributed by atoms with Crippen LogP contribution in [0.5, 0.6) is 0 Å². The van der Waals surface area contributed by atoms with Crippen molar-refractivity contribution in [2.24, 2.45) is 0 Å². The van der Waals surface area contributed by atoms with Gasteiger partial charge in [0.15, 0.2) is 0 Å². The molecule has 0 aliphatic heterocycles. The quantitative estimate of drug-likeness (QED) is 0.863. The maximum atomic E-state index is 12.7. The van der Waals surface area contributed by atoms with Gasteiger partial charge < -0.3 is 5.32 Å². The molecule has 1 N–H and O–H groups in total. The topological polar surface area (TPSA) is 12.0 Å². The van der Waals surface area contributed by atoms with Gasteiger partial charge in [0.1, 0.15) is 0 Å². The molecule has 1 aromatic rings. The summed E-state index contributed by atoms with van der Waals surface area (Å²) in [7, 11) is 0. The summed E-state index contributed by atoms with van der Waals surface area (Å²) in [6.45, 7) is 0.180. The predicted octanol–water partition coefficient (Wildman–Crippen LogP) is 3.61. The molecule has 1 nitrogen and oxygen atoms in total. The first-order chi connectivity index (χ1) is 7.48. The molecule has 1 aliphatic carbocycles. The largest absolute Gasteiger partial charge is 0.416 e. The molecule has 1 aromatic carbocycles. The van der Waals surface area contributed by atoms with E-state index in [2.05, 4.69) is 5.32 Å². The van der Waals surface area contributed by atoms with Crippen molar-refractivity contribution in [3.8, 4) is 0 Å². The molecule has 88 valence electrons. The molecule has 0 unspecified atom stereocenters. The maximum absolute atomic E-state index is 12.7. The number of nitrogens with one attached hydrogen (secondary N) is 1. The number of rotatable bonds is 3. The van der Waals surface area contributed by atoms with E-state index in [1.54, 1.807) is 0 Å². The van der Waals surface area contributed by atoms with E-state index < -0.39 is 11.7 Å². The van der Waals surface area contributed by atoms with Gasteiger partial charge in [-0.15, -0.1) is 0 Å². The lowest BCUT2D eigenvalue weighted by Crippen LogP contribution is -2.19. The van der Waals surface area contributed by atoms with Gasteiger partial charge in [-0.2, -0.15) is 13.2 Å². The van der Waals surface area contributed by atoms with E-state index >= 15 is 0 Å². The van der Waals surface area contributed by atoms with Gasteiger partial charge in [0, 0.05) is 17.6 Å². The van der Waals surface area contributed by atoms with Crippen molar-refractivity contribution >= 4 is 11.6 Å². The summed E-state index contributed by atoms with van der Waals surface area (Å²) in [5.74, 6) is 0. The van der Waals surface area contributed by atoms with E-state index in [9.17, 15) is 13.2 Å². The molecule has 1 fully saturated rings. The Morgan fingerprint density at radius 3 is 2.56 bits per heavy atom. The van der Waals surface area contributed by atoms with Gasteiger partial charge in [0.25, 0.3) is 0 Å². The van der Waals surface area contributed by atoms with Gasteiger partial charge in [-0.1, -0.05) is 17.7 Å². The van der Waals surface area contributed by atoms with Gasteiger partial charge in [0.2, 0.25) is 0 Å². The Kier molecular flexibility index (Phi) is 3.13. The van der Waals surface area contributed by atoms with Crippen molar-refractivity contribution in [3.63, 3.8) is 0 Å². The van der Waals surface area contributed by atoms with E-state index in [0.29, 0.717) is 6.04 Å². The zero-order valence-corrected chi connectivity index (χ0v) is 9.20. The average Bonchev–Trinajstić information content (AvgIpc) is 2.97. The molecule has 0 spiro atoms. The number of benzene rings is 1. The third kappa shape index (κ3) is 2.68. The molecule has 0 atom stereocenters. The van der Waals surface area contributed by atoms with E-state index in [1.165, 1.54) is 12.1 Å². The smallest absolute Gasteiger partial charge is 0.310 e. The Morgan fingerprint density at radius 1 is 1.31 bits per heavy atom. The lowest BCUT2D eigenvalue weighted by molar-refractivity contribution is -0.138. The Morgan fingerprint density at radius 2 is 2.00 bits per heavy atom. The highest BCUT2D eigenvalue weighted by Crippen LogP contribution is 2.35. The minimum atomic E-state index is -4.34. The Labute approximate surface area is 96.6 Å². The highest BCUT2D eigenvalue weighted by molar-refractivity contribution is 6.31. The third-order valence-corrected chi connectivity index (χ3v) is 2.92. The normalized spacial score (nSPS) is 16.5. The zero-order chi connectivity index (χ0) is 11.8. The summed E-state index contributed by atoms with van der Waals surface area (Å²) in [5.41, 5.74) is -0.503. The van der Waals surface area contributed by atoms with Gasteiger partial charge in [-0.05, 0) is 30.5 Å². The fourth-order valence-corrected chi connectivity index (χ4v) is 1.78. The second kappa shape index (κ2) is 4.26. The van der Waals surface area contributed by atoms with Crippen molar-refractivity contribution in [2.45, 2.75) is 31.6 Å². The maximum Gasteiger partial charge on any atom is 0.416 e. The molecular weight excluding hydrogens is 239 g/mol. The van der Waals surface area contributed by atoms with Crippen LogP contribution in [0.15, 0.2) is 18.2 Å². The summed E-state index contributed by atoms with van der Waals surface area (Å²) in [5, 5.41) is 3.21. The zero-order valence-electron chi connectivity index (χ0n) is 8.44. The molecule has 5 heteroatoms. The number of alkyl halides is 3. The minimum Gasteiger partial charge on any atom is -0.310 e.